The Morgan fingerprint density at radius 1 is 1.39 bits per heavy atom. The number of hydrogen-bond donors (Lipinski definition) is 1. The SMILES string of the molecule is CCn1cc(C(=O)O)c2ccc(OC)cc2c1=O. The normalized spacial score (nSPS) is 10.6. The van der Waals surface area contributed by atoms with Crippen LogP contribution in [0.3, 0.4) is 0 Å². The highest BCUT2D eigenvalue weighted by molar-refractivity contribution is 6.03. The van der Waals surface area contributed by atoms with E-state index in [0.29, 0.717) is 23.1 Å². The van der Waals surface area contributed by atoms with Crippen molar-refractivity contribution in [3.8, 4) is 5.75 Å². The van der Waals surface area contributed by atoms with Crippen molar-refractivity contribution in [2.45, 2.75) is 13.5 Å². The molecule has 1 N–H and O–H groups in total. The van der Waals surface area contributed by atoms with Gasteiger partial charge in [0.2, 0.25) is 0 Å². The van der Waals surface area contributed by atoms with E-state index in [1.165, 1.54) is 17.9 Å². The van der Waals surface area contributed by atoms with Gasteiger partial charge in [-0.3, -0.25) is 4.79 Å². The Morgan fingerprint density at radius 2 is 2.11 bits per heavy atom. The molecular formula is C13H13NO4. The number of nitrogens with zero attached hydrogens (tertiary/aromatic N) is 1. The van der Waals surface area contributed by atoms with Crippen LogP contribution in [0.2, 0.25) is 0 Å². The second kappa shape index (κ2) is 4.52. The van der Waals surface area contributed by atoms with Gasteiger partial charge in [-0.2, -0.15) is 0 Å². The number of aryl methyl sites for hydroxylation is 1. The molecule has 0 atom stereocenters. The Morgan fingerprint density at radius 3 is 2.67 bits per heavy atom. The minimum absolute atomic E-state index is 0.120. The van der Waals surface area contributed by atoms with E-state index >= 15 is 0 Å². The summed E-state index contributed by atoms with van der Waals surface area (Å²) in [6.07, 6.45) is 1.37. The number of aromatic nitrogens is 1. The highest BCUT2D eigenvalue weighted by atomic mass is 16.5. The molecule has 5 nitrogen and oxygen atoms in total. The summed E-state index contributed by atoms with van der Waals surface area (Å²) in [5.41, 5.74) is -0.0921. The predicted molar refractivity (Wildman–Crippen MR) is 67.4 cm³/mol. The summed E-state index contributed by atoms with van der Waals surface area (Å²) >= 11 is 0. The van der Waals surface area contributed by atoms with E-state index in [0.717, 1.165) is 0 Å². The Kier molecular flexibility index (Phi) is 3.06. The molecule has 5 heteroatoms. The van der Waals surface area contributed by atoms with Crippen LogP contribution < -0.4 is 10.3 Å². The van der Waals surface area contributed by atoms with Gasteiger partial charge in [-0.05, 0) is 25.1 Å². The van der Waals surface area contributed by atoms with E-state index in [-0.39, 0.29) is 11.1 Å². The van der Waals surface area contributed by atoms with Crippen LogP contribution in [0.15, 0.2) is 29.2 Å². The second-order valence-electron chi connectivity index (χ2n) is 3.85. The molecule has 94 valence electrons. The van der Waals surface area contributed by atoms with Gasteiger partial charge in [0.1, 0.15) is 5.75 Å². The standard InChI is InChI=1S/C13H13NO4/c1-3-14-7-11(13(16)17)9-5-4-8(18-2)6-10(9)12(14)15/h4-7H,3H2,1-2H3,(H,16,17). The monoisotopic (exact) mass is 247 g/mol. The molecule has 0 saturated heterocycles. The minimum atomic E-state index is -1.05. The van der Waals surface area contributed by atoms with Gasteiger partial charge in [0.15, 0.2) is 0 Å². The highest BCUT2D eigenvalue weighted by Gasteiger charge is 2.13. The lowest BCUT2D eigenvalue weighted by Gasteiger charge is -2.09. The van der Waals surface area contributed by atoms with Crippen molar-refractivity contribution in [2.75, 3.05) is 7.11 Å². The zero-order valence-electron chi connectivity index (χ0n) is 10.1. The van der Waals surface area contributed by atoms with Crippen LogP contribution >= 0.6 is 0 Å². The number of fused-ring (bicyclic) bond motifs is 1. The average Bonchev–Trinajstić information content (AvgIpc) is 2.38. The molecule has 0 fully saturated rings. The molecule has 0 aliphatic carbocycles. The lowest BCUT2D eigenvalue weighted by molar-refractivity contribution is 0.0698. The first-order chi connectivity index (χ1) is 8.58. The van der Waals surface area contributed by atoms with E-state index in [1.54, 1.807) is 25.1 Å². The van der Waals surface area contributed by atoms with Crippen LogP contribution in [0.1, 0.15) is 17.3 Å². The van der Waals surface area contributed by atoms with E-state index in [9.17, 15) is 14.7 Å². The smallest absolute Gasteiger partial charge is 0.337 e. The predicted octanol–water partition coefficient (Wildman–Crippen LogP) is 1.73. The largest absolute Gasteiger partial charge is 0.497 e. The number of benzene rings is 1. The summed E-state index contributed by atoms with van der Waals surface area (Å²) in [5, 5.41) is 9.96. The topological polar surface area (TPSA) is 68.5 Å². The van der Waals surface area contributed by atoms with Gasteiger partial charge in [0, 0.05) is 18.1 Å². The quantitative estimate of drug-likeness (QED) is 0.896. The van der Waals surface area contributed by atoms with E-state index in [4.69, 9.17) is 4.74 Å². The molecule has 0 aliphatic heterocycles. The maximum absolute atomic E-state index is 12.1. The van der Waals surface area contributed by atoms with Crippen LogP contribution in [-0.4, -0.2) is 22.8 Å². The fraction of sp³-hybridized carbons (Fsp3) is 0.231. The van der Waals surface area contributed by atoms with Crippen LogP contribution in [0, 0.1) is 0 Å². The third-order valence-corrected chi connectivity index (χ3v) is 2.86. The van der Waals surface area contributed by atoms with E-state index in [2.05, 4.69) is 0 Å². The Hall–Kier alpha value is -2.30. The number of carboxylic acid groups (broad SMARTS) is 1. The average molecular weight is 247 g/mol. The molecule has 18 heavy (non-hydrogen) atoms. The van der Waals surface area contributed by atoms with Crippen molar-refractivity contribution in [3.05, 3.63) is 40.3 Å². The van der Waals surface area contributed by atoms with E-state index < -0.39 is 5.97 Å². The third-order valence-electron chi connectivity index (χ3n) is 2.86. The molecule has 0 radical (unpaired) electrons. The number of carboxylic acids is 1. The maximum atomic E-state index is 12.1. The summed E-state index contributed by atoms with van der Waals surface area (Å²) in [6, 6.07) is 4.81. The van der Waals surface area contributed by atoms with Gasteiger partial charge in [0.25, 0.3) is 5.56 Å². The molecule has 1 aromatic heterocycles. The van der Waals surface area contributed by atoms with Crippen molar-refractivity contribution in [1.82, 2.24) is 4.57 Å². The molecule has 0 saturated carbocycles. The summed E-state index contributed by atoms with van der Waals surface area (Å²) in [6.45, 7) is 2.21. The number of ether oxygens (including phenoxy) is 1. The van der Waals surface area contributed by atoms with Crippen molar-refractivity contribution in [2.24, 2.45) is 0 Å². The number of aromatic carboxylic acids is 1. The summed E-state index contributed by atoms with van der Waals surface area (Å²) in [4.78, 5) is 23.3. The first-order valence-corrected chi connectivity index (χ1v) is 5.53. The fourth-order valence-corrected chi connectivity index (χ4v) is 1.91. The lowest BCUT2D eigenvalue weighted by atomic mass is 10.1. The van der Waals surface area contributed by atoms with Crippen molar-refractivity contribution in [3.63, 3.8) is 0 Å². The summed E-state index contributed by atoms with van der Waals surface area (Å²) in [5.74, 6) is -0.517. The molecule has 0 amide bonds. The van der Waals surface area contributed by atoms with Gasteiger partial charge in [-0.25, -0.2) is 4.79 Å². The fourth-order valence-electron chi connectivity index (χ4n) is 1.91. The Balaban J connectivity index is 2.91. The molecule has 0 bridgehead atoms. The van der Waals surface area contributed by atoms with Gasteiger partial charge >= 0.3 is 5.97 Å². The van der Waals surface area contributed by atoms with Crippen molar-refractivity contribution >= 4 is 16.7 Å². The Labute approximate surface area is 103 Å². The first-order valence-electron chi connectivity index (χ1n) is 5.53. The molecular weight excluding hydrogens is 234 g/mol. The molecule has 0 unspecified atom stereocenters. The lowest BCUT2D eigenvalue weighted by Crippen LogP contribution is -2.21. The van der Waals surface area contributed by atoms with E-state index in [1.807, 2.05) is 0 Å². The van der Waals surface area contributed by atoms with Gasteiger partial charge in [-0.1, -0.05) is 0 Å². The number of pyridine rings is 1. The molecule has 0 aliphatic rings. The zero-order chi connectivity index (χ0) is 13.3. The van der Waals surface area contributed by atoms with Crippen LogP contribution in [-0.2, 0) is 6.54 Å². The maximum Gasteiger partial charge on any atom is 0.337 e. The van der Waals surface area contributed by atoms with Gasteiger partial charge in [-0.15, -0.1) is 0 Å². The van der Waals surface area contributed by atoms with Crippen molar-refractivity contribution < 1.29 is 14.6 Å². The number of methoxy groups -OCH3 is 1. The second-order valence-corrected chi connectivity index (χ2v) is 3.85. The Bertz CT molecular complexity index is 672. The molecule has 2 rings (SSSR count). The van der Waals surface area contributed by atoms with Crippen LogP contribution in [0.5, 0.6) is 5.75 Å². The first kappa shape index (κ1) is 12.2. The van der Waals surface area contributed by atoms with Crippen LogP contribution in [0.4, 0.5) is 0 Å². The number of carbonyl (C=O) groups is 1. The molecule has 1 heterocycles. The molecule has 1 aromatic carbocycles. The minimum Gasteiger partial charge on any atom is -0.497 e. The summed E-state index contributed by atoms with van der Waals surface area (Å²) < 4.78 is 6.44. The molecule has 0 spiro atoms. The molecule has 2 aromatic rings. The number of hydrogen-bond acceptors (Lipinski definition) is 3. The zero-order valence-corrected chi connectivity index (χ0v) is 10.1. The highest BCUT2D eigenvalue weighted by Crippen LogP contribution is 2.21. The number of rotatable bonds is 3. The summed E-state index contributed by atoms with van der Waals surface area (Å²) in [7, 11) is 1.50. The van der Waals surface area contributed by atoms with Gasteiger partial charge < -0.3 is 14.4 Å². The third kappa shape index (κ3) is 1.84. The van der Waals surface area contributed by atoms with Crippen LogP contribution in [0.25, 0.3) is 10.8 Å². The van der Waals surface area contributed by atoms with Gasteiger partial charge in [0.05, 0.1) is 18.1 Å². The van der Waals surface area contributed by atoms with Crippen molar-refractivity contribution in [1.29, 1.82) is 0 Å².